The molecule has 6 heteroatoms. The van der Waals surface area contributed by atoms with Crippen molar-refractivity contribution in [3.05, 3.63) is 46.3 Å². The lowest BCUT2D eigenvalue weighted by atomic mass is 10.1. The minimum absolute atomic E-state index is 0.128. The van der Waals surface area contributed by atoms with Crippen LogP contribution in [0.2, 0.25) is 0 Å². The second kappa shape index (κ2) is 6.27. The number of fused-ring (bicyclic) bond motifs is 1. The van der Waals surface area contributed by atoms with Gasteiger partial charge in [0.2, 0.25) is 0 Å². The number of hydrogen-bond acceptors (Lipinski definition) is 5. The summed E-state index contributed by atoms with van der Waals surface area (Å²) in [6.07, 6.45) is 1.40. The van der Waals surface area contributed by atoms with E-state index in [9.17, 15) is 4.79 Å². The van der Waals surface area contributed by atoms with Crippen LogP contribution < -0.4 is 5.32 Å². The van der Waals surface area contributed by atoms with Crippen LogP contribution in [0.15, 0.2) is 28.8 Å². The van der Waals surface area contributed by atoms with E-state index in [-0.39, 0.29) is 5.91 Å². The second-order valence-corrected chi connectivity index (χ2v) is 6.11. The summed E-state index contributed by atoms with van der Waals surface area (Å²) in [5, 5.41) is 7.85. The van der Waals surface area contributed by atoms with Crippen LogP contribution in [0, 0.1) is 6.92 Å². The SMILES string of the molecule is CCc1noc(C)c1C(=O)NCCc1nc2ccccc2s1. The first-order valence-electron chi connectivity index (χ1n) is 7.27. The van der Waals surface area contributed by atoms with Crippen molar-refractivity contribution >= 4 is 27.5 Å². The Labute approximate surface area is 132 Å². The predicted molar refractivity (Wildman–Crippen MR) is 86.3 cm³/mol. The number of carbonyl (C=O) groups is 1. The van der Waals surface area contributed by atoms with Crippen molar-refractivity contribution in [3.8, 4) is 0 Å². The van der Waals surface area contributed by atoms with Crippen LogP contribution in [0.25, 0.3) is 10.2 Å². The lowest BCUT2D eigenvalue weighted by Gasteiger charge is -2.03. The number of aromatic nitrogens is 2. The fourth-order valence-electron chi connectivity index (χ4n) is 2.35. The number of nitrogens with zero attached hydrogens (tertiary/aromatic N) is 2. The van der Waals surface area contributed by atoms with Crippen LogP contribution in [0.3, 0.4) is 0 Å². The molecule has 5 nitrogen and oxygen atoms in total. The summed E-state index contributed by atoms with van der Waals surface area (Å²) in [5.41, 5.74) is 2.28. The van der Waals surface area contributed by atoms with Gasteiger partial charge in [-0.1, -0.05) is 24.2 Å². The number of thiazole rings is 1. The molecular formula is C16H17N3O2S. The molecule has 22 heavy (non-hydrogen) atoms. The van der Waals surface area contributed by atoms with E-state index in [2.05, 4.69) is 21.5 Å². The summed E-state index contributed by atoms with van der Waals surface area (Å²) in [5.74, 6) is 0.436. The first kappa shape index (κ1) is 14.7. The first-order chi connectivity index (χ1) is 10.7. The van der Waals surface area contributed by atoms with Crippen molar-refractivity contribution < 1.29 is 9.32 Å². The molecule has 2 heterocycles. The molecule has 0 saturated carbocycles. The molecule has 0 saturated heterocycles. The molecule has 0 radical (unpaired) electrons. The molecule has 0 aliphatic rings. The normalized spacial score (nSPS) is 11.0. The summed E-state index contributed by atoms with van der Waals surface area (Å²) < 4.78 is 6.26. The summed E-state index contributed by atoms with van der Waals surface area (Å²) >= 11 is 1.66. The quantitative estimate of drug-likeness (QED) is 0.785. The molecular weight excluding hydrogens is 298 g/mol. The summed E-state index contributed by atoms with van der Waals surface area (Å²) in [7, 11) is 0. The highest BCUT2D eigenvalue weighted by atomic mass is 32.1. The summed E-state index contributed by atoms with van der Waals surface area (Å²) in [6, 6.07) is 8.05. The number of carbonyl (C=O) groups excluding carboxylic acids is 1. The van der Waals surface area contributed by atoms with Crippen molar-refractivity contribution in [1.29, 1.82) is 0 Å². The highest BCUT2D eigenvalue weighted by Crippen LogP contribution is 2.21. The Kier molecular flexibility index (Phi) is 4.20. The van der Waals surface area contributed by atoms with Gasteiger partial charge in [0.05, 0.1) is 20.9 Å². The molecule has 0 aliphatic carbocycles. The van der Waals surface area contributed by atoms with Crippen molar-refractivity contribution in [2.45, 2.75) is 26.7 Å². The van der Waals surface area contributed by atoms with E-state index in [1.54, 1.807) is 18.3 Å². The zero-order valence-corrected chi connectivity index (χ0v) is 13.4. The molecule has 0 bridgehead atoms. The van der Waals surface area contributed by atoms with Crippen LogP contribution in [-0.2, 0) is 12.8 Å². The molecule has 1 N–H and O–H groups in total. The van der Waals surface area contributed by atoms with E-state index in [1.807, 2.05) is 25.1 Å². The number of nitrogens with one attached hydrogen (secondary N) is 1. The average molecular weight is 315 g/mol. The topological polar surface area (TPSA) is 68.0 Å². The van der Waals surface area contributed by atoms with Crippen LogP contribution >= 0.6 is 11.3 Å². The molecule has 3 rings (SSSR count). The molecule has 0 aliphatic heterocycles. The number of hydrogen-bond donors (Lipinski definition) is 1. The fraction of sp³-hybridized carbons (Fsp3) is 0.312. The second-order valence-electron chi connectivity index (χ2n) is 5.00. The number of amides is 1. The van der Waals surface area contributed by atoms with Crippen LogP contribution in [0.4, 0.5) is 0 Å². The maximum absolute atomic E-state index is 12.2. The molecule has 1 aromatic carbocycles. The van der Waals surface area contributed by atoms with Gasteiger partial charge < -0.3 is 9.84 Å². The van der Waals surface area contributed by atoms with Crippen LogP contribution in [0.1, 0.15) is 33.7 Å². The third kappa shape index (κ3) is 2.87. The Bertz CT molecular complexity index is 774. The third-order valence-electron chi connectivity index (χ3n) is 3.46. The van der Waals surface area contributed by atoms with E-state index in [1.165, 1.54) is 4.70 Å². The maximum Gasteiger partial charge on any atom is 0.256 e. The Hall–Kier alpha value is -2.21. The third-order valence-corrected chi connectivity index (χ3v) is 4.55. The van der Waals surface area contributed by atoms with Gasteiger partial charge in [0, 0.05) is 13.0 Å². The van der Waals surface area contributed by atoms with Crippen molar-refractivity contribution in [1.82, 2.24) is 15.5 Å². The fourth-order valence-corrected chi connectivity index (χ4v) is 3.32. The zero-order valence-electron chi connectivity index (χ0n) is 12.5. The van der Waals surface area contributed by atoms with Gasteiger partial charge in [-0.3, -0.25) is 4.79 Å². The van der Waals surface area contributed by atoms with Crippen LogP contribution in [0.5, 0.6) is 0 Å². The largest absolute Gasteiger partial charge is 0.361 e. The van der Waals surface area contributed by atoms with E-state index >= 15 is 0 Å². The van der Waals surface area contributed by atoms with Gasteiger partial charge in [0.1, 0.15) is 11.3 Å². The summed E-state index contributed by atoms with van der Waals surface area (Å²) in [6.45, 7) is 4.26. The highest BCUT2D eigenvalue weighted by molar-refractivity contribution is 7.18. The molecule has 0 fully saturated rings. The van der Waals surface area contributed by atoms with Crippen molar-refractivity contribution in [3.63, 3.8) is 0 Å². The standard InChI is InChI=1S/C16H17N3O2S/c1-3-11-15(10(2)21-19-11)16(20)17-9-8-14-18-12-6-4-5-7-13(12)22-14/h4-7H,3,8-9H2,1-2H3,(H,17,20). The predicted octanol–water partition coefficient (Wildman–Crippen LogP) is 3.13. The smallest absolute Gasteiger partial charge is 0.256 e. The lowest BCUT2D eigenvalue weighted by Crippen LogP contribution is -2.26. The van der Waals surface area contributed by atoms with Gasteiger partial charge >= 0.3 is 0 Å². The van der Waals surface area contributed by atoms with Gasteiger partial charge in [-0.25, -0.2) is 4.98 Å². The van der Waals surface area contributed by atoms with E-state index in [4.69, 9.17) is 4.52 Å². The number of rotatable bonds is 5. The molecule has 2 aromatic heterocycles. The Morgan fingerprint density at radius 2 is 2.18 bits per heavy atom. The van der Waals surface area contributed by atoms with Gasteiger partial charge in [-0.05, 0) is 25.5 Å². The zero-order chi connectivity index (χ0) is 15.5. The molecule has 3 aromatic rings. The Balaban J connectivity index is 1.63. The van der Waals surface area contributed by atoms with Gasteiger partial charge in [-0.2, -0.15) is 0 Å². The van der Waals surface area contributed by atoms with E-state index in [0.717, 1.165) is 16.9 Å². The van der Waals surface area contributed by atoms with Gasteiger partial charge in [0.25, 0.3) is 5.91 Å². The first-order valence-corrected chi connectivity index (χ1v) is 8.08. The monoisotopic (exact) mass is 315 g/mol. The molecule has 1 amide bonds. The summed E-state index contributed by atoms with van der Waals surface area (Å²) in [4.78, 5) is 16.8. The van der Waals surface area contributed by atoms with Crippen LogP contribution in [-0.4, -0.2) is 22.6 Å². The maximum atomic E-state index is 12.2. The van der Waals surface area contributed by atoms with Crippen molar-refractivity contribution in [2.75, 3.05) is 6.54 Å². The minimum Gasteiger partial charge on any atom is -0.361 e. The number of benzene rings is 1. The van der Waals surface area contributed by atoms with Crippen molar-refractivity contribution in [2.24, 2.45) is 0 Å². The van der Waals surface area contributed by atoms with Gasteiger partial charge in [-0.15, -0.1) is 11.3 Å². The Morgan fingerprint density at radius 3 is 2.95 bits per heavy atom. The molecule has 0 atom stereocenters. The molecule has 0 unspecified atom stereocenters. The lowest BCUT2D eigenvalue weighted by molar-refractivity contribution is 0.0952. The number of para-hydroxylation sites is 1. The number of aryl methyl sites for hydroxylation is 2. The van der Waals surface area contributed by atoms with E-state index in [0.29, 0.717) is 30.0 Å². The van der Waals surface area contributed by atoms with E-state index < -0.39 is 0 Å². The Morgan fingerprint density at radius 1 is 1.36 bits per heavy atom. The van der Waals surface area contributed by atoms with Gasteiger partial charge in [0.15, 0.2) is 0 Å². The highest BCUT2D eigenvalue weighted by Gasteiger charge is 2.18. The average Bonchev–Trinajstić information content (AvgIpc) is 3.09. The molecule has 0 spiro atoms. The molecule has 114 valence electrons. The minimum atomic E-state index is -0.128.